The number of ether oxygens (including phenoxy) is 2. The fourth-order valence-electron chi connectivity index (χ4n) is 1.61. The lowest BCUT2D eigenvalue weighted by Gasteiger charge is -2.17. The van der Waals surface area contributed by atoms with Gasteiger partial charge in [0.25, 0.3) is 0 Å². The van der Waals surface area contributed by atoms with Gasteiger partial charge in [-0.05, 0) is 31.2 Å². The van der Waals surface area contributed by atoms with Crippen LogP contribution in [0.15, 0.2) is 28.7 Å². The molecule has 0 saturated heterocycles. The number of hydrogen-bond acceptors (Lipinski definition) is 3. The Hall–Kier alpha value is -0.580. The molecule has 0 amide bonds. The first-order chi connectivity index (χ1) is 8.26. The first-order valence-corrected chi connectivity index (χ1v) is 6.66. The molecule has 0 heterocycles. The van der Waals surface area contributed by atoms with Gasteiger partial charge in [0.1, 0.15) is 5.75 Å². The monoisotopic (exact) mass is 301 g/mol. The van der Waals surface area contributed by atoms with Crippen molar-refractivity contribution in [2.45, 2.75) is 19.4 Å². The number of hydrogen-bond donors (Lipinski definition) is 1. The van der Waals surface area contributed by atoms with Crippen LogP contribution in [0.1, 0.15) is 13.3 Å². The van der Waals surface area contributed by atoms with Crippen LogP contribution in [0.5, 0.6) is 5.75 Å². The Bertz CT molecular complexity index is 314. The molecule has 0 bridgehead atoms. The van der Waals surface area contributed by atoms with Crippen molar-refractivity contribution in [3.05, 3.63) is 28.7 Å². The van der Waals surface area contributed by atoms with E-state index in [1.54, 1.807) is 7.11 Å². The van der Waals surface area contributed by atoms with Gasteiger partial charge in [-0.1, -0.05) is 28.9 Å². The molecule has 1 rings (SSSR count). The quantitative estimate of drug-likeness (QED) is 0.801. The molecular formula is C13H20BrNO2. The van der Waals surface area contributed by atoms with Crippen LogP contribution >= 0.6 is 15.9 Å². The van der Waals surface area contributed by atoms with Crippen molar-refractivity contribution in [3.63, 3.8) is 0 Å². The molecule has 1 atom stereocenters. The molecule has 0 aliphatic carbocycles. The number of rotatable bonds is 8. The van der Waals surface area contributed by atoms with Crippen LogP contribution in [0.4, 0.5) is 0 Å². The van der Waals surface area contributed by atoms with Crippen molar-refractivity contribution in [3.8, 4) is 5.75 Å². The maximum absolute atomic E-state index is 5.68. The summed E-state index contributed by atoms with van der Waals surface area (Å²) in [6.45, 7) is 4.45. The second kappa shape index (κ2) is 8.50. The summed E-state index contributed by atoms with van der Waals surface area (Å²) in [6, 6.07) is 8.24. The highest BCUT2D eigenvalue weighted by Gasteiger charge is 2.06. The van der Waals surface area contributed by atoms with Gasteiger partial charge < -0.3 is 14.8 Å². The maximum atomic E-state index is 5.68. The Balaban J connectivity index is 2.30. The summed E-state index contributed by atoms with van der Waals surface area (Å²) in [5, 5.41) is 3.37. The Morgan fingerprint density at radius 1 is 1.41 bits per heavy atom. The summed E-state index contributed by atoms with van der Waals surface area (Å²) >= 11 is 3.42. The summed E-state index contributed by atoms with van der Waals surface area (Å²) in [5.74, 6) is 0.895. The molecule has 0 aliphatic heterocycles. The molecule has 17 heavy (non-hydrogen) atoms. The number of halogens is 1. The van der Waals surface area contributed by atoms with E-state index in [2.05, 4.69) is 28.2 Å². The molecule has 0 aromatic heterocycles. The highest BCUT2D eigenvalue weighted by atomic mass is 79.9. The molecule has 1 aromatic carbocycles. The van der Waals surface area contributed by atoms with Crippen molar-refractivity contribution in [1.82, 2.24) is 5.32 Å². The van der Waals surface area contributed by atoms with Gasteiger partial charge in [0.05, 0.1) is 13.2 Å². The fourth-order valence-corrected chi connectivity index (χ4v) is 1.99. The second-order valence-corrected chi connectivity index (χ2v) is 4.72. The summed E-state index contributed by atoms with van der Waals surface area (Å²) in [7, 11) is 1.72. The Kier molecular flexibility index (Phi) is 7.24. The van der Waals surface area contributed by atoms with Gasteiger partial charge in [0.2, 0.25) is 0 Å². The predicted molar refractivity (Wildman–Crippen MR) is 73.6 cm³/mol. The largest absolute Gasteiger partial charge is 0.493 e. The van der Waals surface area contributed by atoms with Crippen LogP contribution in [-0.2, 0) is 4.74 Å². The zero-order valence-electron chi connectivity index (χ0n) is 10.4. The van der Waals surface area contributed by atoms with E-state index in [1.807, 2.05) is 24.3 Å². The van der Waals surface area contributed by atoms with E-state index < -0.39 is 0 Å². The molecule has 0 radical (unpaired) electrons. The van der Waals surface area contributed by atoms with Crippen molar-refractivity contribution in [2.75, 3.05) is 26.9 Å². The van der Waals surface area contributed by atoms with E-state index in [0.29, 0.717) is 12.6 Å². The van der Waals surface area contributed by atoms with Crippen molar-refractivity contribution in [2.24, 2.45) is 0 Å². The lowest BCUT2D eigenvalue weighted by atomic mass is 10.2. The molecule has 1 unspecified atom stereocenters. The van der Waals surface area contributed by atoms with Gasteiger partial charge in [-0.15, -0.1) is 0 Å². The van der Waals surface area contributed by atoms with E-state index >= 15 is 0 Å². The molecule has 1 aromatic rings. The van der Waals surface area contributed by atoms with E-state index in [1.165, 1.54) is 0 Å². The smallest absolute Gasteiger partial charge is 0.120 e. The number of likely N-dealkylation sites (N-methyl/N-ethyl adjacent to an activating group) is 1. The lowest BCUT2D eigenvalue weighted by molar-refractivity contribution is 0.153. The molecular weight excluding hydrogens is 282 g/mol. The van der Waals surface area contributed by atoms with Crippen LogP contribution in [-0.4, -0.2) is 32.9 Å². The Morgan fingerprint density at radius 2 is 2.24 bits per heavy atom. The third kappa shape index (κ3) is 6.05. The third-order valence-electron chi connectivity index (χ3n) is 2.39. The molecule has 0 aliphatic rings. The van der Waals surface area contributed by atoms with Crippen molar-refractivity contribution in [1.29, 1.82) is 0 Å². The molecule has 0 spiro atoms. The molecule has 3 nitrogen and oxygen atoms in total. The average molecular weight is 302 g/mol. The minimum atomic E-state index is 0.358. The third-order valence-corrected chi connectivity index (χ3v) is 2.89. The zero-order chi connectivity index (χ0) is 12.5. The SMILES string of the molecule is CCNC(CCOc1cccc(Br)c1)COC. The molecule has 0 fully saturated rings. The van der Waals surface area contributed by atoms with Crippen molar-refractivity contribution >= 4 is 15.9 Å². The highest BCUT2D eigenvalue weighted by Crippen LogP contribution is 2.17. The van der Waals surface area contributed by atoms with Gasteiger partial charge in [0.15, 0.2) is 0 Å². The Labute approximate surface area is 112 Å². The minimum Gasteiger partial charge on any atom is -0.493 e. The van der Waals surface area contributed by atoms with Crippen molar-refractivity contribution < 1.29 is 9.47 Å². The summed E-state index contributed by atoms with van der Waals surface area (Å²) in [5.41, 5.74) is 0. The van der Waals surface area contributed by atoms with Crippen LogP contribution < -0.4 is 10.1 Å². The number of benzene rings is 1. The van der Waals surface area contributed by atoms with Crippen LogP contribution in [0.25, 0.3) is 0 Å². The van der Waals surface area contributed by atoms with Gasteiger partial charge in [-0.2, -0.15) is 0 Å². The van der Waals surface area contributed by atoms with Gasteiger partial charge >= 0.3 is 0 Å². The molecule has 96 valence electrons. The second-order valence-electron chi connectivity index (χ2n) is 3.80. The van der Waals surface area contributed by atoms with Crippen LogP contribution in [0, 0.1) is 0 Å². The normalized spacial score (nSPS) is 12.4. The predicted octanol–water partition coefficient (Wildman–Crippen LogP) is 2.84. The van der Waals surface area contributed by atoms with E-state index in [9.17, 15) is 0 Å². The van der Waals surface area contributed by atoms with Gasteiger partial charge in [0, 0.05) is 17.6 Å². The first kappa shape index (κ1) is 14.5. The first-order valence-electron chi connectivity index (χ1n) is 5.87. The van der Waals surface area contributed by atoms with Gasteiger partial charge in [-0.25, -0.2) is 0 Å². The standard InChI is InChI=1S/C13H20BrNO2/c1-3-15-12(10-16-2)7-8-17-13-6-4-5-11(14)9-13/h4-6,9,12,15H,3,7-8,10H2,1-2H3. The number of nitrogens with one attached hydrogen (secondary N) is 1. The summed E-state index contributed by atoms with van der Waals surface area (Å²) < 4.78 is 11.9. The van der Waals surface area contributed by atoms with Gasteiger partial charge in [-0.3, -0.25) is 0 Å². The average Bonchev–Trinajstić information content (AvgIpc) is 2.30. The fraction of sp³-hybridized carbons (Fsp3) is 0.538. The molecule has 0 saturated carbocycles. The summed E-state index contributed by atoms with van der Waals surface area (Å²) in [4.78, 5) is 0. The lowest BCUT2D eigenvalue weighted by Crippen LogP contribution is -2.34. The molecule has 1 N–H and O–H groups in total. The van der Waals surface area contributed by atoms with Crippen LogP contribution in [0.3, 0.4) is 0 Å². The molecule has 4 heteroatoms. The summed E-state index contributed by atoms with van der Waals surface area (Å²) in [6.07, 6.45) is 0.939. The zero-order valence-corrected chi connectivity index (χ0v) is 12.0. The minimum absolute atomic E-state index is 0.358. The topological polar surface area (TPSA) is 30.5 Å². The van der Waals surface area contributed by atoms with E-state index in [-0.39, 0.29) is 0 Å². The number of methoxy groups -OCH3 is 1. The van der Waals surface area contributed by atoms with Crippen LogP contribution in [0.2, 0.25) is 0 Å². The highest BCUT2D eigenvalue weighted by molar-refractivity contribution is 9.10. The van der Waals surface area contributed by atoms with E-state index in [0.717, 1.165) is 29.8 Å². The van der Waals surface area contributed by atoms with E-state index in [4.69, 9.17) is 9.47 Å². The Morgan fingerprint density at radius 3 is 2.88 bits per heavy atom. The maximum Gasteiger partial charge on any atom is 0.120 e.